The number of hydrogen-bond acceptors (Lipinski definition) is 2. The Labute approximate surface area is 84.6 Å². The summed E-state index contributed by atoms with van der Waals surface area (Å²) in [5.41, 5.74) is -0.159. The Balaban J connectivity index is 2.66. The molecule has 0 saturated heterocycles. The minimum atomic E-state index is -1.31. The van der Waals surface area contributed by atoms with Gasteiger partial charge in [0.25, 0.3) is 0 Å². The largest absolute Gasteiger partial charge is 0.478 e. The summed E-state index contributed by atoms with van der Waals surface area (Å²) in [4.78, 5) is 10.9. The first-order valence-corrected chi connectivity index (χ1v) is 4.22. The quantitative estimate of drug-likeness (QED) is 0.813. The molecule has 0 fully saturated rings. The Morgan fingerprint density at radius 2 is 2.20 bits per heavy atom. The molecule has 4 nitrogen and oxygen atoms in total. The van der Waals surface area contributed by atoms with Crippen LogP contribution in [0.3, 0.4) is 0 Å². The molecule has 1 N–H and O–H groups in total. The van der Waals surface area contributed by atoms with Crippen molar-refractivity contribution < 1.29 is 14.3 Å². The third-order valence-corrected chi connectivity index (χ3v) is 1.96. The Kier molecular flexibility index (Phi) is 2.21. The van der Waals surface area contributed by atoms with Gasteiger partial charge in [-0.1, -0.05) is 6.07 Å². The predicted molar refractivity (Wildman–Crippen MR) is 50.5 cm³/mol. The molecule has 76 valence electrons. The van der Waals surface area contributed by atoms with Gasteiger partial charge in [0.2, 0.25) is 0 Å². The molecule has 2 rings (SSSR count). The molecule has 0 radical (unpaired) electrons. The lowest BCUT2D eigenvalue weighted by molar-refractivity contribution is 0.0691. The van der Waals surface area contributed by atoms with Crippen molar-refractivity contribution in [2.75, 3.05) is 0 Å². The monoisotopic (exact) mass is 206 g/mol. The van der Waals surface area contributed by atoms with Crippen molar-refractivity contribution in [3.8, 4) is 5.69 Å². The fraction of sp³-hybridized carbons (Fsp3) is 0. The van der Waals surface area contributed by atoms with E-state index in [0.29, 0.717) is 0 Å². The van der Waals surface area contributed by atoms with Gasteiger partial charge in [-0.25, -0.2) is 13.9 Å². The van der Waals surface area contributed by atoms with E-state index in [1.807, 2.05) is 0 Å². The fourth-order valence-corrected chi connectivity index (χ4v) is 1.33. The number of benzene rings is 1. The first-order valence-electron chi connectivity index (χ1n) is 4.22. The third kappa shape index (κ3) is 1.59. The number of rotatable bonds is 2. The van der Waals surface area contributed by atoms with Crippen LogP contribution in [0.5, 0.6) is 0 Å². The summed E-state index contributed by atoms with van der Waals surface area (Å²) in [5, 5.41) is 12.7. The first kappa shape index (κ1) is 9.39. The summed E-state index contributed by atoms with van der Waals surface area (Å²) in [6.45, 7) is 0. The zero-order valence-corrected chi connectivity index (χ0v) is 7.59. The van der Waals surface area contributed by atoms with Gasteiger partial charge in [-0.15, -0.1) is 0 Å². The number of aromatic carboxylic acids is 1. The van der Waals surface area contributed by atoms with Gasteiger partial charge >= 0.3 is 5.97 Å². The molecule has 0 bridgehead atoms. The average molecular weight is 206 g/mol. The molecule has 0 spiro atoms. The van der Waals surface area contributed by atoms with Gasteiger partial charge < -0.3 is 5.11 Å². The second-order valence-corrected chi connectivity index (χ2v) is 2.89. The van der Waals surface area contributed by atoms with Crippen molar-refractivity contribution in [1.29, 1.82) is 0 Å². The maximum Gasteiger partial charge on any atom is 0.340 e. The number of halogens is 1. The number of hydrogen-bond donors (Lipinski definition) is 1. The summed E-state index contributed by atoms with van der Waals surface area (Å²) in [7, 11) is 0. The minimum Gasteiger partial charge on any atom is -0.478 e. The second-order valence-electron chi connectivity index (χ2n) is 2.89. The van der Waals surface area contributed by atoms with Crippen molar-refractivity contribution >= 4 is 5.97 Å². The number of aromatic nitrogens is 2. The zero-order chi connectivity index (χ0) is 10.8. The molecule has 0 unspecified atom stereocenters. The van der Waals surface area contributed by atoms with Crippen LogP contribution in [0.2, 0.25) is 0 Å². The molecule has 1 heterocycles. The molecule has 0 amide bonds. The molecule has 0 aliphatic carbocycles. The lowest BCUT2D eigenvalue weighted by atomic mass is 10.1. The van der Waals surface area contributed by atoms with Gasteiger partial charge in [-0.2, -0.15) is 5.10 Å². The zero-order valence-electron chi connectivity index (χ0n) is 7.59. The normalized spacial score (nSPS) is 10.2. The highest BCUT2D eigenvalue weighted by atomic mass is 19.1. The minimum absolute atomic E-state index is 0.215. The number of carboxylic acids is 1. The van der Waals surface area contributed by atoms with Crippen molar-refractivity contribution in [2.45, 2.75) is 0 Å². The van der Waals surface area contributed by atoms with E-state index >= 15 is 0 Å². The fourth-order valence-electron chi connectivity index (χ4n) is 1.33. The molecule has 1 aromatic heterocycles. The molecule has 0 aliphatic rings. The summed E-state index contributed by atoms with van der Waals surface area (Å²) in [5.74, 6) is -2.07. The Morgan fingerprint density at radius 3 is 2.80 bits per heavy atom. The molecular formula is C10H7FN2O2. The smallest absolute Gasteiger partial charge is 0.340 e. The number of carbonyl (C=O) groups is 1. The van der Waals surface area contributed by atoms with Crippen molar-refractivity contribution in [2.24, 2.45) is 0 Å². The van der Waals surface area contributed by atoms with E-state index in [-0.39, 0.29) is 11.3 Å². The average Bonchev–Trinajstić information content (AvgIpc) is 2.69. The van der Waals surface area contributed by atoms with Crippen LogP contribution in [0.15, 0.2) is 36.7 Å². The van der Waals surface area contributed by atoms with Crippen LogP contribution in [-0.4, -0.2) is 20.9 Å². The Bertz CT molecular complexity index is 494. The summed E-state index contributed by atoms with van der Waals surface area (Å²) in [6.07, 6.45) is 3.05. The molecule has 0 atom stereocenters. The van der Waals surface area contributed by atoms with Crippen LogP contribution < -0.4 is 0 Å². The third-order valence-electron chi connectivity index (χ3n) is 1.96. The molecule has 0 aliphatic heterocycles. The second kappa shape index (κ2) is 3.53. The van der Waals surface area contributed by atoms with Crippen molar-refractivity contribution in [3.63, 3.8) is 0 Å². The predicted octanol–water partition coefficient (Wildman–Crippen LogP) is 1.71. The highest BCUT2D eigenvalue weighted by molar-refractivity contribution is 5.92. The molecule has 5 heteroatoms. The molecule has 1 aromatic carbocycles. The van der Waals surface area contributed by atoms with Crippen LogP contribution in [-0.2, 0) is 0 Å². The van der Waals surface area contributed by atoms with E-state index in [0.717, 1.165) is 6.07 Å². The van der Waals surface area contributed by atoms with E-state index in [9.17, 15) is 9.18 Å². The van der Waals surface area contributed by atoms with Crippen LogP contribution in [0, 0.1) is 5.82 Å². The topological polar surface area (TPSA) is 55.1 Å². The Morgan fingerprint density at radius 1 is 1.40 bits per heavy atom. The lowest BCUT2D eigenvalue weighted by Crippen LogP contribution is -2.08. The van der Waals surface area contributed by atoms with E-state index < -0.39 is 11.8 Å². The summed E-state index contributed by atoms with van der Waals surface area (Å²) in [6, 6.07) is 5.69. The van der Waals surface area contributed by atoms with Gasteiger partial charge in [0.05, 0.1) is 5.69 Å². The highest BCUT2D eigenvalue weighted by Gasteiger charge is 2.16. The van der Waals surface area contributed by atoms with Crippen LogP contribution in [0.4, 0.5) is 4.39 Å². The maximum atomic E-state index is 13.3. The van der Waals surface area contributed by atoms with Crippen molar-refractivity contribution in [1.82, 2.24) is 9.78 Å². The Hall–Kier alpha value is -2.17. The van der Waals surface area contributed by atoms with Crippen LogP contribution in [0.1, 0.15) is 10.4 Å². The number of nitrogens with zero attached hydrogens (tertiary/aromatic N) is 2. The molecule has 15 heavy (non-hydrogen) atoms. The highest BCUT2D eigenvalue weighted by Crippen LogP contribution is 2.17. The van der Waals surface area contributed by atoms with Crippen LogP contribution in [0.25, 0.3) is 5.69 Å². The summed E-state index contributed by atoms with van der Waals surface area (Å²) >= 11 is 0. The summed E-state index contributed by atoms with van der Waals surface area (Å²) < 4.78 is 14.6. The van der Waals surface area contributed by atoms with Crippen molar-refractivity contribution in [3.05, 3.63) is 48.0 Å². The first-order chi connectivity index (χ1) is 7.20. The van der Waals surface area contributed by atoms with Gasteiger partial charge in [-0.05, 0) is 18.2 Å². The van der Waals surface area contributed by atoms with E-state index in [2.05, 4.69) is 5.10 Å². The SMILES string of the molecule is O=C(O)c1c(F)cccc1-n1cccn1. The molecule has 2 aromatic rings. The van der Waals surface area contributed by atoms with E-state index in [4.69, 9.17) is 5.11 Å². The van der Waals surface area contributed by atoms with E-state index in [1.54, 1.807) is 12.3 Å². The van der Waals surface area contributed by atoms with Crippen LogP contribution >= 0.6 is 0 Å². The maximum absolute atomic E-state index is 13.3. The van der Waals surface area contributed by atoms with Gasteiger partial charge in [0, 0.05) is 12.4 Å². The lowest BCUT2D eigenvalue weighted by Gasteiger charge is -2.06. The van der Waals surface area contributed by atoms with E-state index in [1.165, 1.54) is 23.0 Å². The van der Waals surface area contributed by atoms with Gasteiger partial charge in [0.1, 0.15) is 11.4 Å². The standard InChI is InChI=1S/C10H7FN2O2/c11-7-3-1-4-8(9(7)10(14)15)13-6-2-5-12-13/h1-6H,(H,14,15). The number of carboxylic acid groups (broad SMARTS) is 1. The molecule has 0 saturated carbocycles. The van der Waals surface area contributed by atoms with Gasteiger partial charge in [0.15, 0.2) is 0 Å². The van der Waals surface area contributed by atoms with Gasteiger partial charge in [-0.3, -0.25) is 0 Å². The molecular weight excluding hydrogens is 199 g/mol.